The molecule has 0 N–H and O–H groups in total. The molecule has 0 aromatic heterocycles. The number of rotatable bonds is 4. The second-order valence-electron chi connectivity index (χ2n) is 5.63. The third kappa shape index (κ3) is 4.43. The predicted octanol–water partition coefficient (Wildman–Crippen LogP) is 1.97. The zero-order chi connectivity index (χ0) is 16.8. The Morgan fingerprint density at radius 2 is 1.52 bits per heavy atom. The maximum atomic E-state index is 12.9. The topological polar surface area (TPSA) is 43.9 Å². The maximum Gasteiger partial charge on any atom is 0.320 e. The number of nitrogens with zero attached hydrogens (tertiary/aromatic N) is 3. The SMILES string of the molecule is CCN(CC)C(=O)N1CCN(C(=O)Cc2ccc(F)cc2)CC1. The van der Waals surface area contributed by atoms with Gasteiger partial charge in [0.1, 0.15) is 5.82 Å². The Labute approximate surface area is 136 Å². The minimum atomic E-state index is -0.301. The van der Waals surface area contributed by atoms with Crippen molar-refractivity contribution in [3.63, 3.8) is 0 Å². The van der Waals surface area contributed by atoms with E-state index in [-0.39, 0.29) is 24.2 Å². The van der Waals surface area contributed by atoms with Gasteiger partial charge in [0.05, 0.1) is 6.42 Å². The first-order valence-corrected chi connectivity index (χ1v) is 8.11. The Bertz CT molecular complexity index is 535. The van der Waals surface area contributed by atoms with Gasteiger partial charge in [-0.2, -0.15) is 0 Å². The van der Waals surface area contributed by atoms with E-state index in [2.05, 4.69) is 0 Å². The number of hydrogen-bond acceptors (Lipinski definition) is 2. The summed E-state index contributed by atoms with van der Waals surface area (Å²) < 4.78 is 12.9. The fraction of sp³-hybridized carbons (Fsp3) is 0.529. The van der Waals surface area contributed by atoms with Crippen molar-refractivity contribution in [2.24, 2.45) is 0 Å². The van der Waals surface area contributed by atoms with E-state index < -0.39 is 0 Å². The van der Waals surface area contributed by atoms with Gasteiger partial charge >= 0.3 is 6.03 Å². The molecule has 3 amide bonds. The van der Waals surface area contributed by atoms with Crippen molar-refractivity contribution < 1.29 is 14.0 Å². The smallest absolute Gasteiger partial charge is 0.320 e. The number of urea groups is 1. The van der Waals surface area contributed by atoms with Crippen LogP contribution in [0.25, 0.3) is 0 Å². The van der Waals surface area contributed by atoms with E-state index in [9.17, 15) is 14.0 Å². The Balaban J connectivity index is 1.85. The van der Waals surface area contributed by atoms with E-state index in [1.807, 2.05) is 13.8 Å². The number of carbonyl (C=O) groups is 2. The van der Waals surface area contributed by atoms with E-state index in [1.54, 1.807) is 26.8 Å². The number of amides is 3. The molecule has 0 aliphatic carbocycles. The van der Waals surface area contributed by atoms with Crippen LogP contribution in [0.4, 0.5) is 9.18 Å². The van der Waals surface area contributed by atoms with Crippen molar-refractivity contribution >= 4 is 11.9 Å². The maximum absolute atomic E-state index is 12.9. The third-order valence-corrected chi connectivity index (χ3v) is 4.21. The zero-order valence-corrected chi connectivity index (χ0v) is 13.8. The fourth-order valence-electron chi connectivity index (χ4n) is 2.73. The lowest BCUT2D eigenvalue weighted by molar-refractivity contribution is -0.131. The van der Waals surface area contributed by atoms with Gasteiger partial charge in [-0.3, -0.25) is 4.79 Å². The average molecular weight is 321 g/mol. The van der Waals surface area contributed by atoms with Crippen LogP contribution in [0.5, 0.6) is 0 Å². The molecule has 1 aliphatic heterocycles. The number of halogens is 1. The van der Waals surface area contributed by atoms with Gasteiger partial charge in [-0.15, -0.1) is 0 Å². The summed E-state index contributed by atoms with van der Waals surface area (Å²) in [6, 6.07) is 6.04. The highest BCUT2D eigenvalue weighted by molar-refractivity contribution is 5.79. The van der Waals surface area contributed by atoms with Gasteiger partial charge in [0.15, 0.2) is 0 Å². The number of carbonyl (C=O) groups excluding carboxylic acids is 2. The van der Waals surface area contributed by atoms with Gasteiger partial charge in [0, 0.05) is 39.3 Å². The number of hydrogen-bond donors (Lipinski definition) is 0. The van der Waals surface area contributed by atoms with Crippen LogP contribution >= 0.6 is 0 Å². The minimum Gasteiger partial charge on any atom is -0.339 e. The molecule has 2 rings (SSSR count). The van der Waals surface area contributed by atoms with Gasteiger partial charge < -0.3 is 14.7 Å². The Morgan fingerprint density at radius 3 is 2.04 bits per heavy atom. The Morgan fingerprint density at radius 1 is 1.00 bits per heavy atom. The molecule has 0 spiro atoms. The molecule has 1 heterocycles. The predicted molar refractivity (Wildman–Crippen MR) is 86.6 cm³/mol. The van der Waals surface area contributed by atoms with Crippen LogP contribution < -0.4 is 0 Å². The van der Waals surface area contributed by atoms with Crippen LogP contribution in [0.3, 0.4) is 0 Å². The molecule has 0 saturated carbocycles. The molecule has 6 heteroatoms. The summed E-state index contributed by atoms with van der Waals surface area (Å²) in [4.78, 5) is 29.9. The van der Waals surface area contributed by atoms with Crippen LogP contribution in [0, 0.1) is 5.82 Å². The summed E-state index contributed by atoms with van der Waals surface area (Å²) in [5.74, 6) is -0.281. The lowest BCUT2D eigenvalue weighted by atomic mass is 10.1. The summed E-state index contributed by atoms with van der Waals surface area (Å²) in [6.07, 6.45) is 0.268. The molecule has 5 nitrogen and oxygen atoms in total. The quantitative estimate of drug-likeness (QED) is 0.851. The van der Waals surface area contributed by atoms with Crippen LogP contribution in [0.2, 0.25) is 0 Å². The molecule has 1 fully saturated rings. The lowest BCUT2D eigenvalue weighted by Gasteiger charge is -2.37. The fourth-order valence-corrected chi connectivity index (χ4v) is 2.73. The van der Waals surface area contributed by atoms with E-state index in [1.165, 1.54) is 12.1 Å². The summed E-state index contributed by atoms with van der Waals surface area (Å²) in [5.41, 5.74) is 0.804. The van der Waals surface area contributed by atoms with Gasteiger partial charge in [0.2, 0.25) is 5.91 Å². The monoisotopic (exact) mass is 321 g/mol. The molecule has 1 aromatic rings. The van der Waals surface area contributed by atoms with Crippen LogP contribution in [-0.2, 0) is 11.2 Å². The first kappa shape index (κ1) is 17.2. The number of piperazine rings is 1. The summed E-state index contributed by atoms with van der Waals surface area (Å²) in [7, 11) is 0. The second-order valence-corrected chi connectivity index (χ2v) is 5.63. The molecule has 23 heavy (non-hydrogen) atoms. The van der Waals surface area contributed by atoms with Gasteiger partial charge in [-0.1, -0.05) is 12.1 Å². The van der Waals surface area contributed by atoms with E-state index >= 15 is 0 Å². The lowest BCUT2D eigenvalue weighted by Crippen LogP contribution is -2.54. The van der Waals surface area contributed by atoms with Gasteiger partial charge in [-0.05, 0) is 31.5 Å². The molecule has 0 radical (unpaired) electrons. The van der Waals surface area contributed by atoms with Crippen molar-refractivity contribution in [3.8, 4) is 0 Å². The third-order valence-electron chi connectivity index (χ3n) is 4.21. The second kappa shape index (κ2) is 7.94. The Kier molecular flexibility index (Phi) is 5.96. The summed E-state index contributed by atoms with van der Waals surface area (Å²) >= 11 is 0. The summed E-state index contributed by atoms with van der Waals surface area (Å²) in [5, 5.41) is 0. The van der Waals surface area contributed by atoms with Crippen LogP contribution in [-0.4, -0.2) is 65.9 Å². The van der Waals surface area contributed by atoms with Gasteiger partial charge in [-0.25, -0.2) is 9.18 Å². The van der Waals surface area contributed by atoms with Crippen molar-refractivity contribution in [2.75, 3.05) is 39.3 Å². The minimum absolute atomic E-state index is 0.0200. The number of benzene rings is 1. The first-order valence-electron chi connectivity index (χ1n) is 8.11. The zero-order valence-electron chi connectivity index (χ0n) is 13.8. The molecule has 0 unspecified atom stereocenters. The van der Waals surface area contributed by atoms with Crippen molar-refractivity contribution in [1.82, 2.24) is 14.7 Å². The van der Waals surface area contributed by atoms with Crippen molar-refractivity contribution in [3.05, 3.63) is 35.6 Å². The van der Waals surface area contributed by atoms with Crippen LogP contribution in [0.1, 0.15) is 19.4 Å². The molecule has 0 atom stereocenters. The van der Waals surface area contributed by atoms with Gasteiger partial charge in [0.25, 0.3) is 0 Å². The normalized spacial score (nSPS) is 14.7. The Hall–Kier alpha value is -2.11. The molecule has 1 aliphatic rings. The molecule has 1 aromatic carbocycles. The standard InChI is InChI=1S/C17H24FN3O2/c1-3-19(4-2)17(23)21-11-9-20(10-12-21)16(22)13-14-5-7-15(18)8-6-14/h5-8H,3-4,9-13H2,1-2H3. The van der Waals surface area contributed by atoms with Crippen LogP contribution in [0.15, 0.2) is 24.3 Å². The summed E-state index contributed by atoms with van der Waals surface area (Å²) in [6.45, 7) is 7.53. The average Bonchev–Trinajstić information content (AvgIpc) is 2.58. The molecule has 1 saturated heterocycles. The molecular formula is C17H24FN3O2. The van der Waals surface area contributed by atoms with E-state index in [0.29, 0.717) is 39.3 Å². The highest BCUT2D eigenvalue weighted by Gasteiger charge is 2.26. The van der Waals surface area contributed by atoms with Crippen molar-refractivity contribution in [1.29, 1.82) is 0 Å². The molecule has 0 bridgehead atoms. The highest BCUT2D eigenvalue weighted by Crippen LogP contribution is 2.10. The molecule has 126 valence electrons. The van der Waals surface area contributed by atoms with Crippen molar-refractivity contribution in [2.45, 2.75) is 20.3 Å². The first-order chi connectivity index (χ1) is 11.0. The van der Waals surface area contributed by atoms with E-state index in [0.717, 1.165) is 5.56 Å². The molecular weight excluding hydrogens is 297 g/mol. The van der Waals surface area contributed by atoms with E-state index in [4.69, 9.17) is 0 Å². The largest absolute Gasteiger partial charge is 0.339 e. The highest BCUT2D eigenvalue weighted by atomic mass is 19.1.